The van der Waals surface area contributed by atoms with Gasteiger partial charge >= 0.3 is 0 Å². The summed E-state index contributed by atoms with van der Waals surface area (Å²) in [6.07, 6.45) is 1.75. The first-order chi connectivity index (χ1) is 8.24. The van der Waals surface area contributed by atoms with E-state index in [4.69, 9.17) is 16.0 Å². The molecule has 1 N–H and O–H groups in total. The van der Waals surface area contributed by atoms with E-state index in [0.29, 0.717) is 16.6 Å². The summed E-state index contributed by atoms with van der Waals surface area (Å²) in [4.78, 5) is 4.29. The van der Waals surface area contributed by atoms with Crippen LogP contribution in [0.4, 0.5) is 0 Å². The Labute approximate surface area is 105 Å². The highest BCUT2D eigenvalue weighted by Crippen LogP contribution is 2.24. The summed E-state index contributed by atoms with van der Waals surface area (Å²) in [6, 6.07) is 7.29. The maximum atomic E-state index is 9.21. The van der Waals surface area contributed by atoms with Crippen molar-refractivity contribution < 1.29 is 9.52 Å². The normalized spacial score (nSPS) is 10.8. The molecule has 1 heterocycles. The minimum absolute atomic E-state index is 0.0909. The third-order valence-electron chi connectivity index (χ3n) is 2.50. The fourth-order valence-electron chi connectivity index (χ4n) is 1.65. The van der Waals surface area contributed by atoms with Crippen LogP contribution in [0.1, 0.15) is 24.8 Å². The zero-order valence-corrected chi connectivity index (χ0v) is 10.4. The Morgan fingerprint density at radius 2 is 2.00 bits per heavy atom. The van der Waals surface area contributed by atoms with Crippen molar-refractivity contribution >= 4 is 11.6 Å². The summed E-state index contributed by atoms with van der Waals surface area (Å²) in [7, 11) is 0. The van der Waals surface area contributed by atoms with E-state index < -0.39 is 0 Å². The second-order valence-corrected chi connectivity index (χ2v) is 4.24. The molecule has 0 aliphatic heterocycles. The van der Waals surface area contributed by atoms with Gasteiger partial charge < -0.3 is 9.52 Å². The van der Waals surface area contributed by atoms with Crippen molar-refractivity contribution in [2.24, 2.45) is 0 Å². The van der Waals surface area contributed by atoms with E-state index >= 15 is 0 Å². The van der Waals surface area contributed by atoms with Crippen LogP contribution in [0.15, 0.2) is 28.7 Å². The number of aryl methyl sites for hydroxylation is 1. The van der Waals surface area contributed by atoms with Crippen molar-refractivity contribution in [1.82, 2.24) is 4.98 Å². The van der Waals surface area contributed by atoms with Crippen LogP contribution in [0.5, 0.6) is 0 Å². The highest BCUT2D eigenvalue weighted by Gasteiger charge is 2.12. The Balaban J connectivity index is 2.35. The number of nitrogens with zero attached hydrogens (tertiary/aromatic N) is 1. The lowest BCUT2D eigenvalue weighted by atomic mass is 10.2. The van der Waals surface area contributed by atoms with Crippen LogP contribution in [0, 0.1) is 0 Å². The molecule has 0 unspecified atom stereocenters. The van der Waals surface area contributed by atoms with E-state index in [9.17, 15) is 5.11 Å². The molecule has 2 aromatic rings. The van der Waals surface area contributed by atoms with Crippen LogP contribution in [-0.4, -0.2) is 10.1 Å². The Bertz CT molecular complexity index is 491. The molecule has 0 atom stereocenters. The van der Waals surface area contributed by atoms with Gasteiger partial charge in [-0.2, -0.15) is 0 Å². The van der Waals surface area contributed by atoms with E-state index in [1.165, 1.54) is 0 Å². The molecule has 0 spiro atoms. The topological polar surface area (TPSA) is 46.3 Å². The van der Waals surface area contributed by atoms with Gasteiger partial charge in [0.05, 0.1) is 6.61 Å². The summed E-state index contributed by atoms with van der Waals surface area (Å²) in [5.41, 5.74) is 1.49. The largest absolute Gasteiger partial charge is 0.441 e. The molecule has 0 fully saturated rings. The fraction of sp³-hybridized carbons (Fsp3) is 0.308. The third-order valence-corrected chi connectivity index (χ3v) is 2.75. The Kier molecular flexibility index (Phi) is 3.82. The standard InChI is InChI=1S/C13H14ClNO2/c1-2-3-12-11(8-16)15-13(17-12)9-4-6-10(14)7-5-9/h4-7,16H,2-3,8H2,1H3. The van der Waals surface area contributed by atoms with Gasteiger partial charge in [0.2, 0.25) is 5.89 Å². The Hall–Kier alpha value is -1.32. The summed E-state index contributed by atoms with van der Waals surface area (Å²) >= 11 is 5.82. The third kappa shape index (κ3) is 2.68. The molecule has 0 saturated carbocycles. The lowest BCUT2D eigenvalue weighted by Crippen LogP contribution is -1.90. The van der Waals surface area contributed by atoms with Gasteiger partial charge in [0.1, 0.15) is 11.5 Å². The zero-order chi connectivity index (χ0) is 12.3. The van der Waals surface area contributed by atoms with Crippen molar-refractivity contribution in [3.63, 3.8) is 0 Å². The quantitative estimate of drug-likeness (QED) is 0.905. The van der Waals surface area contributed by atoms with Gasteiger partial charge in [0.15, 0.2) is 0 Å². The number of oxazole rings is 1. The van der Waals surface area contributed by atoms with E-state index in [0.717, 1.165) is 24.2 Å². The van der Waals surface area contributed by atoms with Gasteiger partial charge in [-0.05, 0) is 30.7 Å². The molecule has 0 aliphatic rings. The minimum atomic E-state index is -0.0909. The molecule has 0 aliphatic carbocycles. The molecule has 1 aromatic heterocycles. The first-order valence-corrected chi connectivity index (χ1v) is 5.97. The van der Waals surface area contributed by atoms with Gasteiger partial charge in [0, 0.05) is 17.0 Å². The van der Waals surface area contributed by atoms with E-state index in [1.54, 1.807) is 12.1 Å². The molecule has 0 saturated heterocycles. The van der Waals surface area contributed by atoms with Crippen LogP contribution < -0.4 is 0 Å². The Morgan fingerprint density at radius 1 is 1.29 bits per heavy atom. The number of aliphatic hydroxyl groups is 1. The molecule has 1 aromatic carbocycles. The van der Waals surface area contributed by atoms with Crippen LogP contribution in [-0.2, 0) is 13.0 Å². The fourth-order valence-corrected chi connectivity index (χ4v) is 1.77. The maximum absolute atomic E-state index is 9.21. The van der Waals surface area contributed by atoms with E-state index in [1.807, 2.05) is 12.1 Å². The molecular weight excluding hydrogens is 238 g/mol. The van der Waals surface area contributed by atoms with E-state index in [2.05, 4.69) is 11.9 Å². The first-order valence-electron chi connectivity index (χ1n) is 5.60. The van der Waals surface area contributed by atoms with Crippen LogP contribution in [0.3, 0.4) is 0 Å². The predicted molar refractivity (Wildman–Crippen MR) is 66.9 cm³/mol. The lowest BCUT2D eigenvalue weighted by molar-refractivity contribution is 0.274. The van der Waals surface area contributed by atoms with Gasteiger partial charge in [0.25, 0.3) is 0 Å². The second kappa shape index (κ2) is 5.34. The molecule has 17 heavy (non-hydrogen) atoms. The number of benzene rings is 1. The van der Waals surface area contributed by atoms with Gasteiger partial charge in [-0.3, -0.25) is 0 Å². The van der Waals surface area contributed by atoms with Crippen molar-refractivity contribution in [2.75, 3.05) is 0 Å². The van der Waals surface area contributed by atoms with Gasteiger partial charge in [-0.1, -0.05) is 18.5 Å². The molecule has 2 rings (SSSR count). The SMILES string of the molecule is CCCc1oc(-c2ccc(Cl)cc2)nc1CO. The van der Waals surface area contributed by atoms with Crippen LogP contribution in [0.25, 0.3) is 11.5 Å². The average Bonchev–Trinajstić information content (AvgIpc) is 2.74. The molecule has 4 heteroatoms. The van der Waals surface area contributed by atoms with Crippen molar-refractivity contribution in [2.45, 2.75) is 26.4 Å². The molecule has 90 valence electrons. The first kappa shape index (κ1) is 12.1. The molecule has 0 amide bonds. The number of rotatable bonds is 4. The van der Waals surface area contributed by atoms with Crippen molar-refractivity contribution in [3.8, 4) is 11.5 Å². The maximum Gasteiger partial charge on any atom is 0.226 e. The predicted octanol–water partition coefficient (Wildman–Crippen LogP) is 3.44. The number of aromatic nitrogens is 1. The molecule has 0 radical (unpaired) electrons. The van der Waals surface area contributed by atoms with Gasteiger partial charge in [-0.15, -0.1) is 0 Å². The zero-order valence-electron chi connectivity index (χ0n) is 9.61. The lowest BCUT2D eigenvalue weighted by Gasteiger charge is -1.95. The monoisotopic (exact) mass is 251 g/mol. The van der Waals surface area contributed by atoms with E-state index in [-0.39, 0.29) is 6.61 Å². The average molecular weight is 252 g/mol. The summed E-state index contributed by atoms with van der Waals surface area (Å²) in [5, 5.41) is 9.88. The molecule has 3 nitrogen and oxygen atoms in total. The smallest absolute Gasteiger partial charge is 0.226 e. The van der Waals surface area contributed by atoms with Crippen LogP contribution in [0.2, 0.25) is 5.02 Å². The molecular formula is C13H14ClNO2. The number of hydrogen-bond donors (Lipinski definition) is 1. The number of hydrogen-bond acceptors (Lipinski definition) is 3. The van der Waals surface area contributed by atoms with Gasteiger partial charge in [-0.25, -0.2) is 4.98 Å². The van der Waals surface area contributed by atoms with Crippen LogP contribution >= 0.6 is 11.6 Å². The summed E-state index contributed by atoms with van der Waals surface area (Å²) < 4.78 is 5.66. The second-order valence-electron chi connectivity index (χ2n) is 3.80. The number of aliphatic hydroxyl groups excluding tert-OH is 1. The van der Waals surface area contributed by atoms with Crippen molar-refractivity contribution in [1.29, 1.82) is 0 Å². The van der Waals surface area contributed by atoms with Crippen molar-refractivity contribution in [3.05, 3.63) is 40.7 Å². The minimum Gasteiger partial charge on any atom is -0.441 e. The summed E-state index contributed by atoms with van der Waals surface area (Å²) in [5.74, 6) is 1.30. The molecule has 0 bridgehead atoms. The number of halogens is 1. The highest BCUT2D eigenvalue weighted by atomic mass is 35.5. The highest BCUT2D eigenvalue weighted by molar-refractivity contribution is 6.30. The summed E-state index contributed by atoms with van der Waals surface area (Å²) in [6.45, 7) is 1.97. The Morgan fingerprint density at radius 3 is 2.59 bits per heavy atom.